The van der Waals surface area contributed by atoms with E-state index in [1.54, 1.807) is 12.1 Å². The first-order valence-electron chi connectivity index (χ1n) is 6.90. The van der Waals surface area contributed by atoms with Gasteiger partial charge in [-0.1, -0.05) is 12.1 Å². The lowest BCUT2D eigenvalue weighted by Gasteiger charge is -2.22. The number of sulfonamides is 1. The van der Waals surface area contributed by atoms with Crippen molar-refractivity contribution < 1.29 is 13.5 Å². The molecule has 0 aliphatic carbocycles. The Labute approximate surface area is 120 Å². The predicted octanol–water partition coefficient (Wildman–Crippen LogP) is 1.11. The van der Waals surface area contributed by atoms with Crippen molar-refractivity contribution in [3.63, 3.8) is 0 Å². The van der Waals surface area contributed by atoms with Crippen molar-refractivity contribution >= 4 is 10.0 Å². The van der Waals surface area contributed by atoms with E-state index >= 15 is 0 Å². The second-order valence-corrected chi connectivity index (χ2v) is 7.06. The van der Waals surface area contributed by atoms with Crippen molar-refractivity contribution in [1.82, 2.24) is 9.62 Å². The van der Waals surface area contributed by atoms with Crippen LogP contribution in [0.15, 0.2) is 29.2 Å². The zero-order valence-electron chi connectivity index (χ0n) is 11.9. The summed E-state index contributed by atoms with van der Waals surface area (Å²) >= 11 is 0. The van der Waals surface area contributed by atoms with Crippen molar-refractivity contribution in [3.8, 4) is 0 Å². The van der Waals surface area contributed by atoms with Gasteiger partial charge in [0.1, 0.15) is 0 Å². The lowest BCUT2D eigenvalue weighted by molar-refractivity contribution is 0.213. The SMILES string of the molecule is CNC(C)c1ccc(S(=O)(=O)N2CCCC2CO)cc1. The molecule has 6 heteroatoms. The van der Waals surface area contributed by atoms with E-state index in [9.17, 15) is 13.5 Å². The number of nitrogens with zero attached hydrogens (tertiary/aromatic N) is 1. The molecule has 1 aromatic rings. The number of aliphatic hydroxyl groups is 1. The van der Waals surface area contributed by atoms with E-state index in [1.807, 2.05) is 26.1 Å². The molecule has 5 nitrogen and oxygen atoms in total. The smallest absolute Gasteiger partial charge is 0.243 e. The molecule has 1 aliphatic rings. The lowest BCUT2D eigenvalue weighted by atomic mass is 10.1. The molecule has 2 atom stereocenters. The third-order valence-electron chi connectivity index (χ3n) is 3.95. The van der Waals surface area contributed by atoms with Crippen LogP contribution in [0.1, 0.15) is 31.4 Å². The van der Waals surface area contributed by atoms with E-state index in [-0.39, 0.29) is 18.7 Å². The zero-order valence-corrected chi connectivity index (χ0v) is 12.7. The Morgan fingerprint density at radius 1 is 1.40 bits per heavy atom. The molecule has 0 radical (unpaired) electrons. The number of nitrogens with one attached hydrogen (secondary N) is 1. The number of rotatable bonds is 5. The molecule has 2 rings (SSSR count). The second kappa shape index (κ2) is 6.22. The van der Waals surface area contributed by atoms with E-state index in [1.165, 1.54) is 4.31 Å². The lowest BCUT2D eigenvalue weighted by Crippen LogP contribution is -2.37. The van der Waals surface area contributed by atoms with Crippen LogP contribution in [-0.2, 0) is 10.0 Å². The minimum absolute atomic E-state index is 0.117. The second-order valence-electron chi connectivity index (χ2n) is 5.17. The van der Waals surface area contributed by atoms with Gasteiger partial charge in [0, 0.05) is 18.6 Å². The summed E-state index contributed by atoms with van der Waals surface area (Å²) in [6.45, 7) is 2.39. The molecule has 1 fully saturated rings. The van der Waals surface area contributed by atoms with Gasteiger partial charge in [-0.3, -0.25) is 0 Å². The van der Waals surface area contributed by atoms with E-state index in [0.29, 0.717) is 11.4 Å². The number of hydrogen-bond donors (Lipinski definition) is 2. The summed E-state index contributed by atoms with van der Waals surface area (Å²) in [5.41, 5.74) is 1.05. The van der Waals surface area contributed by atoms with E-state index in [2.05, 4.69) is 5.32 Å². The van der Waals surface area contributed by atoms with Crippen LogP contribution < -0.4 is 5.32 Å². The van der Waals surface area contributed by atoms with Crippen LogP contribution in [0.5, 0.6) is 0 Å². The molecule has 0 bridgehead atoms. The topological polar surface area (TPSA) is 69.6 Å². The zero-order chi connectivity index (χ0) is 14.8. The van der Waals surface area contributed by atoms with Gasteiger partial charge in [-0.25, -0.2) is 8.42 Å². The minimum Gasteiger partial charge on any atom is -0.395 e. The fraction of sp³-hybridized carbons (Fsp3) is 0.571. The van der Waals surface area contributed by atoms with Gasteiger partial charge in [0.15, 0.2) is 0 Å². The maximum absolute atomic E-state index is 12.6. The molecule has 2 N–H and O–H groups in total. The molecular formula is C14H22N2O3S. The maximum atomic E-state index is 12.6. The van der Waals surface area contributed by atoms with Crippen LogP contribution in [0, 0.1) is 0 Å². The number of aliphatic hydroxyl groups excluding tert-OH is 1. The summed E-state index contributed by atoms with van der Waals surface area (Å²) in [5, 5.41) is 12.4. The Morgan fingerprint density at radius 2 is 2.05 bits per heavy atom. The van der Waals surface area contributed by atoms with E-state index in [0.717, 1.165) is 18.4 Å². The van der Waals surface area contributed by atoms with Gasteiger partial charge in [-0.2, -0.15) is 4.31 Å². The normalized spacial score (nSPS) is 22.1. The van der Waals surface area contributed by atoms with Gasteiger partial charge >= 0.3 is 0 Å². The first-order chi connectivity index (χ1) is 9.50. The number of hydrogen-bond acceptors (Lipinski definition) is 4. The molecule has 0 amide bonds. The predicted molar refractivity (Wildman–Crippen MR) is 77.9 cm³/mol. The maximum Gasteiger partial charge on any atom is 0.243 e. The third-order valence-corrected chi connectivity index (χ3v) is 5.92. The first-order valence-corrected chi connectivity index (χ1v) is 8.34. The van der Waals surface area contributed by atoms with Crippen molar-refractivity contribution in [2.75, 3.05) is 20.2 Å². The van der Waals surface area contributed by atoms with Gasteiger partial charge < -0.3 is 10.4 Å². The van der Waals surface area contributed by atoms with Crippen LogP contribution in [0.2, 0.25) is 0 Å². The highest BCUT2D eigenvalue weighted by Gasteiger charge is 2.34. The summed E-state index contributed by atoms with van der Waals surface area (Å²) in [6.07, 6.45) is 1.53. The Morgan fingerprint density at radius 3 is 2.60 bits per heavy atom. The Balaban J connectivity index is 2.26. The monoisotopic (exact) mass is 298 g/mol. The van der Waals surface area contributed by atoms with Crippen LogP contribution in [-0.4, -0.2) is 44.1 Å². The molecule has 1 aliphatic heterocycles. The van der Waals surface area contributed by atoms with Gasteiger partial charge in [0.25, 0.3) is 0 Å². The molecule has 20 heavy (non-hydrogen) atoms. The van der Waals surface area contributed by atoms with Crippen LogP contribution in [0.25, 0.3) is 0 Å². The molecule has 0 aromatic heterocycles. The Bertz CT molecular complexity index is 542. The van der Waals surface area contributed by atoms with Crippen LogP contribution >= 0.6 is 0 Å². The summed E-state index contributed by atoms with van der Waals surface area (Å²) in [5.74, 6) is 0. The molecular weight excluding hydrogens is 276 g/mol. The van der Waals surface area contributed by atoms with Gasteiger partial charge in [0.2, 0.25) is 10.0 Å². The highest BCUT2D eigenvalue weighted by atomic mass is 32.2. The van der Waals surface area contributed by atoms with E-state index in [4.69, 9.17) is 0 Å². The van der Waals surface area contributed by atoms with Crippen molar-refractivity contribution in [3.05, 3.63) is 29.8 Å². The van der Waals surface area contributed by atoms with Gasteiger partial charge in [-0.15, -0.1) is 0 Å². The summed E-state index contributed by atoms with van der Waals surface area (Å²) in [4.78, 5) is 0.296. The van der Waals surface area contributed by atoms with Gasteiger partial charge in [-0.05, 0) is 44.5 Å². The standard InChI is InChI=1S/C14H22N2O3S/c1-11(15-2)12-5-7-14(8-6-12)20(18,19)16-9-3-4-13(16)10-17/h5-8,11,13,15,17H,3-4,9-10H2,1-2H3. The number of benzene rings is 1. The molecule has 1 heterocycles. The van der Waals surface area contributed by atoms with Crippen molar-refractivity contribution in [2.45, 2.75) is 36.7 Å². The molecule has 112 valence electrons. The molecule has 1 aromatic carbocycles. The third kappa shape index (κ3) is 2.88. The molecule has 1 saturated heterocycles. The highest BCUT2D eigenvalue weighted by Crippen LogP contribution is 2.26. The molecule has 2 unspecified atom stereocenters. The summed E-state index contributed by atoms with van der Waals surface area (Å²) < 4.78 is 26.5. The fourth-order valence-corrected chi connectivity index (χ4v) is 4.22. The first kappa shape index (κ1) is 15.4. The average molecular weight is 298 g/mol. The van der Waals surface area contributed by atoms with Crippen molar-refractivity contribution in [1.29, 1.82) is 0 Å². The quantitative estimate of drug-likeness (QED) is 0.854. The molecule has 0 saturated carbocycles. The van der Waals surface area contributed by atoms with Crippen molar-refractivity contribution in [2.24, 2.45) is 0 Å². The molecule has 0 spiro atoms. The minimum atomic E-state index is -3.50. The Hall–Kier alpha value is -0.950. The summed E-state index contributed by atoms with van der Waals surface area (Å²) in [6, 6.07) is 6.85. The Kier molecular flexibility index (Phi) is 4.80. The van der Waals surface area contributed by atoms with Crippen LogP contribution in [0.3, 0.4) is 0 Å². The fourth-order valence-electron chi connectivity index (χ4n) is 2.54. The average Bonchev–Trinajstić information content (AvgIpc) is 2.95. The van der Waals surface area contributed by atoms with Crippen LogP contribution in [0.4, 0.5) is 0 Å². The summed E-state index contributed by atoms with van der Waals surface area (Å²) in [7, 11) is -1.63. The van der Waals surface area contributed by atoms with Gasteiger partial charge in [0.05, 0.1) is 11.5 Å². The van der Waals surface area contributed by atoms with E-state index < -0.39 is 10.0 Å². The largest absolute Gasteiger partial charge is 0.395 e. The highest BCUT2D eigenvalue weighted by molar-refractivity contribution is 7.89.